The first kappa shape index (κ1) is 23.6. The van der Waals surface area contributed by atoms with E-state index in [1.165, 1.54) is 26.9 Å². The van der Waals surface area contributed by atoms with Gasteiger partial charge in [0.05, 0.1) is 0 Å². The Balaban J connectivity index is 1.41. The number of fused-ring (bicyclic) bond motifs is 1. The number of carbonyl (C=O) groups is 1. The predicted molar refractivity (Wildman–Crippen MR) is 140 cm³/mol. The van der Waals surface area contributed by atoms with Gasteiger partial charge in [0, 0.05) is 51.5 Å². The number of para-hydroxylation sites is 1. The van der Waals surface area contributed by atoms with Gasteiger partial charge >= 0.3 is 5.69 Å². The zero-order chi connectivity index (χ0) is 24.4. The van der Waals surface area contributed by atoms with Crippen LogP contribution in [0.1, 0.15) is 32.6 Å². The molecule has 2 aliphatic rings. The zero-order valence-electron chi connectivity index (χ0n) is 20.2. The third-order valence-corrected chi connectivity index (χ3v) is 7.97. The lowest BCUT2D eigenvalue weighted by molar-refractivity contribution is -0.132. The molecule has 0 atom stereocenters. The van der Waals surface area contributed by atoms with E-state index in [9.17, 15) is 14.4 Å². The number of hydrogen-bond donors (Lipinski definition) is 0. The predicted octanol–water partition coefficient (Wildman–Crippen LogP) is 2.37. The normalized spacial score (nSPS) is 16.8. The number of piperazine rings is 1. The Bertz CT molecular complexity index is 1300. The van der Waals surface area contributed by atoms with Crippen LogP contribution in [-0.4, -0.2) is 64.2 Å². The highest BCUT2D eigenvalue weighted by Crippen LogP contribution is 2.28. The Labute approximate surface area is 208 Å². The van der Waals surface area contributed by atoms with Gasteiger partial charge in [0.25, 0.3) is 5.56 Å². The second-order valence-corrected chi connectivity index (χ2v) is 10.2. The molecule has 2 saturated heterocycles. The lowest BCUT2D eigenvalue weighted by atomic mass is 10.1. The van der Waals surface area contributed by atoms with Gasteiger partial charge in [0.15, 0.2) is 10.8 Å². The van der Waals surface area contributed by atoms with Crippen molar-refractivity contribution < 1.29 is 4.79 Å². The van der Waals surface area contributed by atoms with Crippen LogP contribution in [0.5, 0.6) is 0 Å². The van der Waals surface area contributed by atoms with Crippen LogP contribution in [0.4, 0.5) is 10.8 Å². The van der Waals surface area contributed by atoms with Gasteiger partial charge in [-0.05, 0) is 37.8 Å². The molecule has 35 heavy (non-hydrogen) atoms. The molecule has 1 aromatic carbocycles. The van der Waals surface area contributed by atoms with Crippen LogP contribution in [0.15, 0.2) is 39.9 Å². The van der Waals surface area contributed by atoms with E-state index in [1.807, 2.05) is 30.0 Å². The fourth-order valence-corrected chi connectivity index (χ4v) is 6.01. The van der Waals surface area contributed by atoms with Crippen molar-refractivity contribution in [2.75, 3.05) is 49.1 Å². The molecule has 186 valence electrons. The molecular weight excluding hydrogens is 464 g/mol. The lowest BCUT2D eigenvalue weighted by Gasteiger charge is -2.36. The fraction of sp³-hybridized carbons (Fsp3) is 0.520. The van der Waals surface area contributed by atoms with Gasteiger partial charge in [-0.15, -0.1) is 0 Å². The number of hydrogen-bond acceptors (Lipinski definition) is 7. The molecule has 0 unspecified atom stereocenters. The zero-order valence-corrected chi connectivity index (χ0v) is 21.0. The van der Waals surface area contributed by atoms with E-state index in [2.05, 4.69) is 21.9 Å². The third kappa shape index (κ3) is 4.71. The van der Waals surface area contributed by atoms with Gasteiger partial charge in [-0.1, -0.05) is 36.5 Å². The summed E-state index contributed by atoms with van der Waals surface area (Å²) in [5.74, 6) is -0.115. The first-order valence-corrected chi connectivity index (χ1v) is 13.4. The standard InChI is InChI=1S/C25H32N6O3S/c1-2-11-30-23(33)21-22(26-24(35-21)29-12-7-4-8-13-29)31(25(30)34)18-20(32)28-16-14-27(15-17-28)19-9-5-3-6-10-19/h3,5-6,9-10H,2,4,7-8,11-18H2,1H3. The third-order valence-electron chi connectivity index (χ3n) is 6.88. The molecule has 5 rings (SSSR count). The summed E-state index contributed by atoms with van der Waals surface area (Å²) >= 11 is 1.34. The molecule has 9 nitrogen and oxygen atoms in total. The molecule has 0 bridgehead atoms. The molecule has 3 aromatic rings. The number of carbonyl (C=O) groups excluding carboxylic acids is 1. The van der Waals surface area contributed by atoms with Crippen molar-refractivity contribution >= 4 is 38.4 Å². The summed E-state index contributed by atoms with van der Waals surface area (Å²) < 4.78 is 3.14. The van der Waals surface area contributed by atoms with Crippen molar-refractivity contribution in [3.8, 4) is 0 Å². The molecule has 1 amide bonds. The minimum Gasteiger partial charge on any atom is -0.368 e. The SMILES string of the molecule is CCCn1c(=O)c2sc(N3CCCCC3)nc2n(CC(=O)N2CCN(c3ccccc3)CC2)c1=O. The average Bonchev–Trinajstić information content (AvgIpc) is 3.36. The van der Waals surface area contributed by atoms with E-state index in [-0.39, 0.29) is 18.0 Å². The topological polar surface area (TPSA) is 83.7 Å². The lowest BCUT2D eigenvalue weighted by Crippen LogP contribution is -2.50. The Morgan fingerprint density at radius 2 is 1.63 bits per heavy atom. The second-order valence-electron chi connectivity index (χ2n) is 9.23. The minimum atomic E-state index is -0.448. The molecule has 2 aromatic heterocycles. The van der Waals surface area contributed by atoms with Crippen LogP contribution in [0.2, 0.25) is 0 Å². The Kier molecular flexibility index (Phi) is 6.90. The van der Waals surface area contributed by atoms with Gasteiger partial charge in [-0.3, -0.25) is 18.7 Å². The maximum atomic E-state index is 13.3. The molecule has 10 heteroatoms. The highest BCUT2D eigenvalue weighted by atomic mass is 32.1. The van der Waals surface area contributed by atoms with Gasteiger partial charge in [-0.2, -0.15) is 0 Å². The first-order valence-electron chi connectivity index (χ1n) is 12.5. The van der Waals surface area contributed by atoms with Crippen LogP contribution in [-0.2, 0) is 17.9 Å². The monoisotopic (exact) mass is 496 g/mol. The second kappa shape index (κ2) is 10.2. The maximum absolute atomic E-state index is 13.3. The number of nitrogens with zero attached hydrogens (tertiary/aromatic N) is 6. The molecular formula is C25H32N6O3S. The van der Waals surface area contributed by atoms with Crippen molar-refractivity contribution in [1.29, 1.82) is 0 Å². The smallest absolute Gasteiger partial charge is 0.333 e. The van der Waals surface area contributed by atoms with Crippen LogP contribution in [0.3, 0.4) is 0 Å². The number of amides is 1. The summed E-state index contributed by atoms with van der Waals surface area (Å²) in [6.45, 7) is 6.63. The molecule has 4 heterocycles. The molecule has 0 spiro atoms. The maximum Gasteiger partial charge on any atom is 0.333 e. The van der Waals surface area contributed by atoms with Gasteiger partial charge in [0.2, 0.25) is 5.91 Å². The van der Waals surface area contributed by atoms with E-state index >= 15 is 0 Å². The number of aromatic nitrogens is 3. The fourth-order valence-electron chi connectivity index (χ4n) is 4.94. The molecule has 0 radical (unpaired) electrons. The van der Waals surface area contributed by atoms with E-state index < -0.39 is 5.69 Å². The van der Waals surface area contributed by atoms with Gasteiger partial charge in [-0.25, -0.2) is 9.78 Å². The van der Waals surface area contributed by atoms with Crippen molar-refractivity contribution in [2.24, 2.45) is 0 Å². The number of benzene rings is 1. The summed E-state index contributed by atoms with van der Waals surface area (Å²) in [7, 11) is 0. The van der Waals surface area contributed by atoms with Gasteiger partial charge < -0.3 is 14.7 Å². The summed E-state index contributed by atoms with van der Waals surface area (Å²) in [6.07, 6.45) is 4.04. The summed E-state index contributed by atoms with van der Waals surface area (Å²) in [6, 6.07) is 10.2. The summed E-state index contributed by atoms with van der Waals surface area (Å²) in [4.78, 5) is 50.8. The molecule has 2 aliphatic heterocycles. The molecule has 0 aliphatic carbocycles. The Morgan fingerprint density at radius 3 is 2.31 bits per heavy atom. The molecule has 0 N–H and O–H groups in total. The number of rotatable bonds is 6. The van der Waals surface area contributed by atoms with Crippen molar-refractivity contribution in [3.05, 3.63) is 51.2 Å². The number of thiazole rings is 1. The van der Waals surface area contributed by atoms with E-state index in [1.54, 1.807) is 0 Å². The van der Waals surface area contributed by atoms with Crippen molar-refractivity contribution in [2.45, 2.75) is 45.7 Å². The van der Waals surface area contributed by atoms with Crippen LogP contribution < -0.4 is 21.0 Å². The first-order chi connectivity index (χ1) is 17.1. The van der Waals surface area contributed by atoms with Crippen molar-refractivity contribution in [3.63, 3.8) is 0 Å². The molecule has 0 saturated carbocycles. The summed E-state index contributed by atoms with van der Waals surface area (Å²) in [5, 5.41) is 0.767. The highest BCUT2D eigenvalue weighted by Gasteiger charge is 2.26. The average molecular weight is 497 g/mol. The molecule has 2 fully saturated rings. The van der Waals surface area contributed by atoms with E-state index in [0.29, 0.717) is 36.4 Å². The van der Waals surface area contributed by atoms with Crippen LogP contribution in [0.25, 0.3) is 10.3 Å². The number of piperidine rings is 1. The van der Waals surface area contributed by atoms with E-state index in [4.69, 9.17) is 4.98 Å². The Hall–Kier alpha value is -3.14. The largest absolute Gasteiger partial charge is 0.368 e. The summed E-state index contributed by atoms with van der Waals surface area (Å²) in [5.41, 5.74) is 0.745. The quantitative estimate of drug-likeness (QED) is 0.521. The van der Waals surface area contributed by atoms with Crippen molar-refractivity contribution in [1.82, 2.24) is 19.0 Å². The van der Waals surface area contributed by atoms with Gasteiger partial charge in [0.1, 0.15) is 11.2 Å². The number of anilines is 2. The van der Waals surface area contributed by atoms with Crippen LogP contribution >= 0.6 is 11.3 Å². The highest BCUT2D eigenvalue weighted by molar-refractivity contribution is 7.22. The Morgan fingerprint density at radius 1 is 0.914 bits per heavy atom. The minimum absolute atomic E-state index is 0.103. The van der Waals surface area contributed by atoms with E-state index in [0.717, 1.165) is 49.8 Å². The van der Waals surface area contributed by atoms with Crippen LogP contribution in [0, 0.1) is 0 Å².